The first-order valence-electron chi connectivity index (χ1n) is 13.3. The summed E-state index contributed by atoms with van der Waals surface area (Å²) in [6.45, 7) is 7.52. The number of para-hydroxylation sites is 1. The van der Waals surface area contributed by atoms with Crippen LogP contribution in [-0.2, 0) is 21.2 Å². The molecule has 2 atom stereocenters. The molecule has 214 valence electrons. The lowest BCUT2D eigenvalue weighted by Gasteiger charge is -2.19. The number of aromatic amines is 1. The molecule has 4 N–H and O–H groups in total. The van der Waals surface area contributed by atoms with Crippen LogP contribution >= 0.6 is 11.3 Å². The molecule has 0 spiro atoms. The Bertz CT molecular complexity index is 1510. The number of carbonyl (C=O) groups is 1. The number of aliphatic hydroxyl groups excluding tert-OH is 1. The van der Waals surface area contributed by atoms with Gasteiger partial charge in [0.1, 0.15) is 9.96 Å². The van der Waals surface area contributed by atoms with Gasteiger partial charge in [0.15, 0.2) is 6.61 Å². The van der Waals surface area contributed by atoms with Crippen molar-refractivity contribution in [1.29, 1.82) is 0 Å². The van der Waals surface area contributed by atoms with Crippen LogP contribution in [0, 0.1) is 0 Å². The Kier molecular flexibility index (Phi) is 9.85. The Morgan fingerprint density at radius 1 is 1.12 bits per heavy atom. The molecule has 0 fully saturated rings. The number of fused-ring (bicyclic) bond motifs is 1. The highest BCUT2D eigenvalue weighted by molar-refractivity contribution is 7.94. The minimum Gasteiger partial charge on any atom is -0.482 e. The van der Waals surface area contributed by atoms with Crippen LogP contribution in [-0.4, -0.2) is 61.6 Å². The van der Waals surface area contributed by atoms with E-state index >= 15 is 0 Å². The van der Waals surface area contributed by atoms with Crippen LogP contribution in [0.5, 0.6) is 5.75 Å². The van der Waals surface area contributed by atoms with Crippen molar-refractivity contribution in [2.45, 2.75) is 43.5 Å². The zero-order chi connectivity index (χ0) is 28.7. The number of ether oxygens (including phenoxy) is 1. The van der Waals surface area contributed by atoms with Crippen LogP contribution < -0.4 is 14.8 Å². The van der Waals surface area contributed by atoms with Gasteiger partial charge in [0.05, 0.1) is 11.6 Å². The third kappa shape index (κ3) is 7.22. The largest absolute Gasteiger partial charge is 0.482 e. The highest BCUT2D eigenvalue weighted by atomic mass is 32.2. The third-order valence-electron chi connectivity index (χ3n) is 6.70. The van der Waals surface area contributed by atoms with E-state index in [0.29, 0.717) is 43.1 Å². The van der Waals surface area contributed by atoms with Crippen LogP contribution in [0.15, 0.2) is 70.4 Å². The SMILES string of the molecule is CCN(CC)C(=O)COc1cccc2c(C[C@@H](C)NC[C@H](O)c3cccc(NS(=O)(=O)c4cccs4)c3)c[nH]c12. The number of carbonyl (C=O) groups excluding carboxylic acids is 1. The molecule has 0 aliphatic carbocycles. The molecule has 0 saturated carbocycles. The quantitative estimate of drug-likeness (QED) is 0.173. The summed E-state index contributed by atoms with van der Waals surface area (Å²) in [4.78, 5) is 17.4. The Morgan fingerprint density at radius 2 is 1.90 bits per heavy atom. The number of hydrogen-bond acceptors (Lipinski definition) is 7. The molecule has 0 unspecified atom stereocenters. The minimum absolute atomic E-state index is 0.0122. The van der Waals surface area contributed by atoms with Gasteiger partial charge in [-0.05, 0) is 68.0 Å². The number of thiophene rings is 1. The maximum Gasteiger partial charge on any atom is 0.271 e. The summed E-state index contributed by atoms with van der Waals surface area (Å²) >= 11 is 1.15. The van der Waals surface area contributed by atoms with Crippen molar-refractivity contribution in [1.82, 2.24) is 15.2 Å². The van der Waals surface area contributed by atoms with Crippen LogP contribution in [0.3, 0.4) is 0 Å². The summed E-state index contributed by atoms with van der Waals surface area (Å²) in [7, 11) is -3.66. The molecule has 4 aromatic rings. The standard InChI is InChI=1S/C29H36N4O5S2/c1-4-33(5-2)27(35)19-38-26-12-7-11-24-22(17-31-29(24)26)15-20(3)30-18-25(34)21-9-6-10-23(16-21)32-40(36,37)28-13-8-14-39-28/h6-14,16-17,20,25,30-32,34H,4-5,15,18-19H2,1-3H3/t20-,25+/m1/s1. The second-order valence-electron chi connectivity index (χ2n) is 9.54. The number of benzene rings is 2. The van der Waals surface area contributed by atoms with E-state index in [2.05, 4.69) is 15.0 Å². The normalized spacial score (nSPS) is 13.2. The van der Waals surface area contributed by atoms with Gasteiger partial charge in [-0.25, -0.2) is 8.42 Å². The average Bonchev–Trinajstić information content (AvgIpc) is 3.63. The highest BCUT2D eigenvalue weighted by Gasteiger charge is 2.18. The zero-order valence-corrected chi connectivity index (χ0v) is 24.5. The summed E-state index contributed by atoms with van der Waals surface area (Å²) in [6, 6.07) is 15.9. The Hall–Kier alpha value is -3.38. The van der Waals surface area contributed by atoms with Gasteiger partial charge >= 0.3 is 0 Å². The molecule has 2 aromatic heterocycles. The molecule has 9 nitrogen and oxygen atoms in total. The summed E-state index contributed by atoms with van der Waals surface area (Å²) in [5.74, 6) is 0.588. The maximum absolute atomic E-state index is 12.5. The fourth-order valence-corrected chi connectivity index (χ4v) is 6.59. The van der Waals surface area contributed by atoms with Gasteiger partial charge in [0.25, 0.3) is 15.9 Å². The number of amides is 1. The highest BCUT2D eigenvalue weighted by Crippen LogP contribution is 2.28. The molecule has 0 aliphatic rings. The number of hydrogen-bond donors (Lipinski definition) is 4. The fraction of sp³-hybridized carbons (Fsp3) is 0.345. The van der Waals surface area contributed by atoms with Gasteiger partial charge in [-0.1, -0.05) is 30.3 Å². The lowest BCUT2D eigenvalue weighted by molar-refractivity contribution is -0.132. The average molecular weight is 585 g/mol. The van der Waals surface area contributed by atoms with E-state index in [9.17, 15) is 18.3 Å². The first kappa shape index (κ1) is 29.6. The number of aromatic nitrogens is 1. The molecule has 2 aromatic carbocycles. The second kappa shape index (κ2) is 13.3. The lowest BCUT2D eigenvalue weighted by atomic mass is 10.0. The Labute approximate surface area is 239 Å². The molecule has 4 rings (SSSR count). The van der Waals surface area contributed by atoms with E-state index in [-0.39, 0.29) is 22.8 Å². The summed E-state index contributed by atoms with van der Waals surface area (Å²) in [5, 5.41) is 16.9. The van der Waals surface area contributed by atoms with Crippen LogP contribution in [0.2, 0.25) is 0 Å². The van der Waals surface area contributed by atoms with E-state index < -0.39 is 16.1 Å². The Balaban J connectivity index is 1.34. The molecule has 0 aliphatic heterocycles. The first-order valence-corrected chi connectivity index (χ1v) is 15.6. The minimum atomic E-state index is -3.66. The smallest absolute Gasteiger partial charge is 0.271 e. The van der Waals surface area contributed by atoms with Crippen molar-refractivity contribution in [3.8, 4) is 5.75 Å². The molecular formula is C29H36N4O5S2. The molecule has 1 amide bonds. The van der Waals surface area contributed by atoms with Crippen LogP contribution in [0.4, 0.5) is 5.69 Å². The van der Waals surface area contributed by atoms with Crippen LogP contribution in [0.25, 0.3) is 10.9 Å². The monoisotopic (exact) mass is 584 g/mol. The number of nitrogens with zero attached hydrogens (tertiary/aromatic N) is 1. The van der Waals surface area contributed by atoms with E-state index in [1.165, 1.54) is 0 Å². The van der Waals surface area contributed by atoms with Crippen molar-refractivity contribution in [3.05, 3.63) is 77.3 Å². The summed E-state index contributed by atoms with van der Waals surface area (Å²) < 4.78 is 33.7. The number of rotatable bonds is 14. The number of aliphatic hydroxyl groups is 1. The Morgan fingerprint density at radius 3 is 2.62 bits per heavy atom. The molecule has 2 heterocycles. The maximum atomic E-state index is 12.5. The van der Waals surface area contributed by atoms with Crippen molar-refractivity contribution < 1.29 is 23.1 Å². The van der Waals surface area contributed by atoms with Crippen molar-refractivity contribution >= 4 is 43.9 Å². The van der Waals surface area contributed by atoms with E-state index in [4.69, 9.17) is 4.74 Å². The molecule has 0 saturated heterocycles. The molecule has 0 radical (unpaired) electrons. The van der Waals surface area contributed by atoms with E-state index in [0.717, 1.165) is 27.8 Å². The summed E-state index contributed by atoms with van der Waals surface area (Å²) in [5.41, 5.74) is 2.95. The van der Waals surface area contributed by atoms with Crippen molar-refractivity contribution in [2.24, 2.45) is 0 Å². The van der Waals surface area contributed by atoms with Gasteiger partial charge < -0.3 is 25.0 Å². The van der Waals surface area contributed by atoms with E-state index in [1.807, 2.05) is 45.2 Å². The lowest BCUT2D eigenvalue weighted by Crippen LogP contribution is -2.34. The van der Waals surface area contributed by atoms with Gasteiger partial charge in [-0.3, -0.25) is 9.52 Å². The van der Waals surface area contributed by atoms with Gasteiger partial charge in [0, 0.05) is 42.9 Å². The van der Waals surface area contributed by atoms with E-state index in [1.54, 1.807) is 46.7 Å². The number of nitrogens with one attached hydrogen (secondary N) is 3. The predicted molar refractivity (Wildman–Crippen MR) is 159 cm³/mol. The van der Waals surface area contributed by atoms with Gasteiger partial charge in [-0.15, -0.1) is 11.3 Å². The molecule has 0 bridgehead atoms. The number of H-pyrrole nitrogens is 1. The van der Waals surface area contributed by atoms with Crippen molar-refractivity contribution in [2.75, 3.05) is 31.0 Å². The zero-order valence-electron chi connectivity index (χ0n) is 22.9. The van der Waals surface area contributed by atoms with Crippen LogP contribution in [0.1, 0.15) is 38.0 Å². The first-order chi connectivity index (χ1) is 19.2. The molecule has 40 heavy (non-hydrogen) atoms. The van der Waals surface area contributed by atoms with Gasteiger partial charge in [-0.2, -0.15) is 0 Å². The fourth-order valence-electron chi connectivity index (χ4n) is 4.54. The molecule has 11 heteroatoms. The molecular weight excluding hydrogens is 548 g/mol. The predicted octanol–water partition coefficient (Wildman–Crippen LogP) is 4.53. The second-order valence-corrected chi connectivity index (χ2v) is 12.4. The van der Waals surface area contributed by atoms with Crippen molar-refractivity contribution in [3.63, 3.8) is 0 Å². The topological polar surface area (TPSA) is 124 Å². The number of sulfonamides is 1. The van der Waals surface area contributed by atoms with Gasteiger partial charge in [0.2, 0.25) is 0 Å². The summed E-state index contributed by atoms with van der Waals surface area (Å²) in [6.07, 6.45) is 1.83. The third-order valence-corrected chi connectivity index (χ3v) is 9.48. The number of anilines is 1. The number of likely N-dealkylation sites (N-methyl/N-ethyl adjacent to an activating group) is 1.